The predicted molar refractivity (Wildman–Crippen MR) is 202 cm³/mol. The van der Waals surface area contributed by atoms with E-state index in [0.717, 1.165) is 135 Å². The van der Waals surface area contributed by atoms with Crippen LogP contribution in [0.5, 0.6) is 0 Å². The molecule has 0 N–H and O–H groups in total. The molecule has 52 heavy (non-hydrogen) atoms. The number of nitrogens with zero attached hydrogens (tertiary/aromatic N) is 8. The van der Waals surface area contributed by atoms with Crippen LogP contribution in [0, 0.1) is 0 Å². The molecule has 3 saturated heterocycles. The highest BCUT2D eigenvalue weighted by atomic mass is 32.2. The van der Waals surface area contributed by atoms with Crippen LogP contribution in [0.25, 0.3) is 44.3 Å². The summed E-state index contributed by atoms with van der Waals surface area (Å²) in [5, 5.41) is 11.6. The number of ether oxygens (including phenoxy) is 3. The summed E-state index contributed by atoms with van der Waals surface area (Å²) in [6.45, 7) is 6.92. The van der Waals surface area contributed by atoms with Gasteiger partial charge in [-0.15, -0.1) is 0 Å². The first-order valence-electron chi connectivity index (χ1n) is 18.7. The zero-order valence-corrected chi connectivity index (χ0v) is 30.0. The summed E-state index contributed by atoms with van der Waals surface area (Å²) in [4.78, 5) is 17.0. The van der Waals surface area contributed by atoms with Crippen molar-refractivity contribution in [2.24, 2.45) is 0 Å². The Balaban J connectivity index is 1.02. The zero-order valence-electron chi connectivity index (χ0n) is 29.2. The Kier molecular flexibility index (Phi) is 8.65. The van der Waals surface area contributed by atoms with Gasteiger partial charge < -0.3 is 19.1 Å². The molecule has 266 valence electrons. The van der Waals surface area contributed by atoms with E-state index in [-0.39, 0.29) is 12.5 Å². The summed E-state index contributed by atoms with van der Waals surface area (Å²) in [6.07, 6.45) is 14.0. The third kappa shape index (κ3) is 5.86. The molecule has 4 aliphatic rings. The number of pyridine rings is 2. The van der Waals surface area contributed by atoms with E-state index in [4.69, 9.17) is 34.4 Å². The lowest BCUT2D eigenvalue weighted by atomic mass is 10.0. The highest BCUT2D eigenvalue weighted by Gasteiger charge is 2.27. The number of rotatable bonds is 7. The Morgan fingerprint density at radius 3 is 1.71 bits per heavy atom. The maximum absolute atomic E-state index is 6.08. The van der Waals surface area contributed by atoms with E-state index in [1.54, 1.807) is 0 Å². The van der Waals surface area contributed by atoms with E-state index in [1.807, 2.05) is 45.9 Å². The van der Waals surface area contributed by atoms with Crippen LogP contribution in [0.3, 0.4) is 0 Å². The van der Waals surface area contributed by atoms with E-state index >= 15 is 0 Å². The van der Waals surface area contributed by atoms with Crippen LogP contribution in [-0.4, -0.2) is 87.0 Å². The number of morpholine rings is 1. The van der Waals surface area contributed by atoms with Gasteiger partial charge in [0.2, 0.25) is 0 Å². The molecular weight excluding hydrogens is 673 g/mol. The minimum atomic E-state index is -0.0598. The third-order valence-electron chi connectivity index (χ3n) is 10.9. The van der Waals surface area contributed by atoms with Crippen LogP contribution in [-0.2, 0) is 14.2 Å². The van der Waals surface area contributed by atoms with Crippen LogP contribution in [0.1, 0.15) is 51.0 Å². The number of hydrogen-bond acceptors (Lipinski definition) is 10. The second-order valence-electron chi connectivity index (χ2n) is 14.1. The average molecular weight is 715 g/mol. The maximum Gasteiger partial charge on any atom is 0.161 e. The van der Waals surface area contributed by atoms with Crippen molar-refractivity contribution < 1.29 is 14.2 Å². The molecule has 10 rings (SSSR count). The molecular formula is C40H42N8O3S. The highest BCUT2D eigenvalue weighted by molar-refractivity contribution is 7.99. The van der Waals surface area contributed by atoms with Gasteiger partial charge in [0.25, 0.3) is 0 Å². The number of anilines is 2. The van der Waals surface area contributed by atoms with Gasteiger partial charge in [-0.25, -0.2) is 19.3 Å². The molecule has 0 radical (unpaired) electrons. The summed E-state index contributed by atoms with van der Waals surface area (Å²) >= 11 is 1.84. The fourth-order valence-electron chi connectivity index (χ4n) is 8.18. The standard InChI is InChI=1S/C40H42N8O3S/c1-3-19-50-37(5-1)47-39-31(25-43-47)29(11-13-41-39)27-7-9-33-35(23-27)52-36-24-28(8-10-34(36)46(33)16-15-45-17-21-49-22-18-45)30-12-14-42-40-32(30)26-44-48(40)38-6-2-4-20-51-38/h7-14,23-26,37-38H,1-6,15-22H2. The fraction of sp³-hybridized carbons (Fsp3) is 0.400. The minimum absolute atomic E-state index is 0.0598. The van der Waals surface area contributed by atoms with Crippen molar-refractivity contribution in [3.05, 3.63) is 73.3 Å². The third-order valence-corrected chi connectivity index (χ3v) is 12.0. The van der Waals surface area contributed by atoms with E-state index in [0.29, 0.717) is 0 Å². The molecule has 6 aromatic rings. The van der Waals surface area contributed by atoms with Gasteiger partial charge in [-0.05, 0) is 97.2 Å². The second-order valence-corrected chi connectivity index (χ2v) is 15.2. The van der Waals surface area contributed by atoms with Crippen molar-refractivity contribution in [2.45, 2.75) is 60.8 Å². The van der Waals surface area contributed by atoms with Crippen molar-refractivity contribution in [1.29, 1.82) is 0 Å². The van der Waals surface area contributed by atoms with Crippen LogP contribution < -0.4 is 4.90 Å². The van der Waals surface area contributed by atoms with Crippen molar-refractivity contribution in [1.82, 2.24) is 34.4 Å². The predicted octanol–water partition coefficient (Wildman–Crippen LogP) is 7.84. The highest BCUT2D eigenvalue weighted by Crippen LogP contribution is 2.51. The number of fused-ring (bicyclic) bond motifs is 4. The Morgan fingerprint density at radius 1 is 0.635 bits per heavy atom. The first-order chi connectivity index (χ1) is 25.8. The molecule has 0 spiro atoms. The largest absolute Gasteiger partial charge is 0.379 e. The van der Waals surface area contributed by atoms with Crippen LogP contribution in [0.15, 0.2) is 83.1 Å². The Labute approximate surface area is 306 Å². The monoisotopic (exact) mass is 714 g/mol. The molecule has 8 heterocycles. The summed E-state index contributed by atoms with van der Waals surface area (Å²) < 4.78 is 21.8. The smallest absolute Gasteiger partial charge is 0.161 e. The maximum atomic E-state index is 6.08. The minimum Gasteiger partial charge on any atom is -0.379 e. The number of hydrogen-bond donors (Lipinski definition) is 0. The van der Waals surface area contributed by atoms with Gasteiger partial charge in [-0.1, -0.05) is 23.9 Å². The van der Waals surface area contributed by atoms with E-state index < -0.39 is 0 Å². The summed E-state index contributed by atoms with van der Waals surface area (Å²) in [5.41, 5.74) is 8.80. The van der Waals surface area contributed by atoms with Crippen molar-refractivity contribution in [3.63, 3.8) is 0 Å². The van der Waals surface area contributed by atoms with E-state index in [9.17, 15) is 0 Å². The summed E-state index contributed by atoms with van der Waals surface area (Å²) in [6, 6.07) is 18.0. The van der Waals surface area contributed by atoms with Gasteiger partial charge in [0.15, 0.2) is 23.8 Å². The molecule has 0 saturated carbocycles. The van der Waals surface area contributed by atoms with Gasteiger partial charge >= 0.3 is 0 Å². The van der Waals surface area contributed by atoms with Crippen LogP contribution >= 0.6 is 11.8 Å². The molecule has 2 atom stereocenters. The molecule has 4 aromatic heterocycles. The van der Waals surface area contributed by atoms with Gasteiger partial charge in [0, 0.05) is 72.3 Å². The molecule has 4 aliphatic heterocycles. The molecule has 3 fully saturated rings. The zero-order chi connectivity index (χ0) is 34.4. The van der Waals surface area contributed by atoms with Gasteiger partial charge in [0.1, 0.15) is 0 Å². The molecule has 12 heteroatoms. The fourth-order valence-corrected chi connectivity index (χ4v) is 9.35. The van der Waals surface area contributed by atoms with Gasteiger partial charge in [0.05, 0.1) is 37.0 Å². The van der Waals surface area contributed by atoms with Gasteiger partial charge in [-0.3, -0.25) is 4.90 Å². The lowest BCUT2D eigenvalue weighted by molar-refractivity contribution is -0.0371. The first kappa shape index (κ1) is 32.3. The lowest BCUT2D eigenvalue weighted by Gasteiger charge is -2.36. The SMILES string of the molecule is c1cc(-c2ccc3c(c2)Sc2cc(-c4ccnc5c4cnn5C4CCCCO4)ccc2N3CCN2CCOCC2)c2cnn(C3CCCCO3)c2n1. The van der Waals surface area contributed by atoms with E-state index in [1.165, 1.54) is 21.2 Å². The van der Waals surface area contributed by atoms with E-state index in [2.05, 4.69) is 58.3 Å². The second kappa shape index (κ2) is 13.9. The van der Waals surface area contributed by atoms with Crippen molar-refractivity contribution in [2.75, 3.05) is 57.5 Å². The Morgan fingerprint density at radius 2 is 1.19 bits per heavy atom. The molecule has 0 bridgehead atoms. The first-order valence-corrected chi connectivity index (χ1v) is 19.5. The number of benzene rings is 2. The topological polar surface area (TPSA) is 95.6 Å². The molecule has 0 amide bonds. The Bertz CT molecular complexity index is 2090. The molecule has 11 nitrogen and oxygen atoms in total. The number of aromatic nitrogens is 6. The van der Waals surface area contributed by atoms with Crippen LogP contribution in [0.4, 0.5) is 11.4 Å². The van der Waals surface area contributed by atoms with Crippen molar-refractivity contribution >= 4 is 45.2 Å². The Hall–Kier alpha value is -4.33. The molecule has 2 aromatic carbocycles. The quantitative estimate of drug-likeness (QED) is 0.163. The summed E-state index contributed by atoms with van der Waals surface area (Å²) in [7, 11) is 0. The normalized spacial score (nSPS) is 21.0. The lowest BCUT2D eigenvalue weighted by Crippen LogP contribution is -2.41. The molecule has 2 unspecified atom stereocenters. The van der Waals surface area contributed by atoms with Gasteiger partial charge in [-0.2, -0.15) is 10.2 Å². The average Bonchev–Trinajstić information content (AvgIpc) is 3.85. The van der Waals surface area contributed by atoms with Crippen LogP contribution in [0.2, 0.25) is 0 Å². The van der Waals surface area contributed by atoms with Crippen molar-refractivity contribution in [3.8, 4) is 22.3 Å². The molecule has 0 aliphatic carbocycles. The summed E-state index contributed by atoms with van der Waals surface area (Å²) in [5.74, 6) is 0.